The van der Waals surface area contributed by atoms with Crippen molar-refractivity contribution in [2.24, 2.45) is 17.8 Å². The molecular weight excluding hydrogens is 379 g/mol. The van der Waals surface area contributed by atoms with Crippen LogP contribution in [0.3, 0.4) is 0 Å². The normalized spacial score (nSPS) is 30.9. The number of anilines is 3. The zero-order valence-electron chi connectivity index (χ0n) is 17.7. The van der Waals surface area contributed by atoms with Gasteiger partial charge in [0.1, 0.15) is 17.3 Å². The van der Waals surface area contributed by atoms with Gasteiger partial charge < -0.3 is 10.6 Å². The first-order chi connectivity index (χ1) is 14.4. The van der Waals surface area contributed by atoms with Crippen LogP contribution in [-0.4, -0.2) is 31.9 Å². The molecule has 30 heavy (non-hydrogen) atoms. The summed E-state index contributed by atoms with van der Waals surface area (Å²) in [4.78, 5) is 9.41. The summed E-state index contributed by atoms with van der Waals surface area (Å²) in [5.41, 5.74) is 0.781. The molecule has 3 aromatic rings. The Morgan fingerprint density at radius 3 is 2.87 bits per heavy atom. The number of nitrogens with one attached hydrogen (secondary N) is 3. The number of hydrogen-bond donors (Lipinski definition) is 3. The molecule has 0 saturated heterocycles. The fraction of sp³-hybridized carbons (Fsp3) is 0.522. The van der Waals surface area contributed by atoms with Gasteiger partial charge in [0.25, 0.3) is 0 Å². The van der Waals surface area contributed by atoms with Crippen molar-refractivity contribution in [2.45, 2.75) is 58.2 Å². The van der Waals surface area contributed by atoms with Crippen molar-refractivity contribution in [1.29, 1.82) is 0 Å². The third-order valence-electron chi connectivity index (χ3n) is 6.73. The molecule has 2 bridgehead atoms. The standard InChI is InChI=1S/C23H29FN6/c1-13-7-15-9-16(12-23(3,24)11-15)21(13)28-22-17-5-4-6-25-18(17)10-19(27-22)26-20-8-14(2)29-30-20/h4-6,8,10,13,15-16,21H,7,9,11-12H2,1-3H3,(H3,26,27,28,29,30). The Kier molecular flexibility index (Phi) is 4.64. The van der Waals surface area contributed by atoms with Crippen molar-refractivity contribution < 1.29 is 4.39 Å². The van der Waals surface area contributed by atoms with Gasteiger partial charge in [-0.1, -0.05) is 6.92 Å². The van der Waals surface area contributed by atoms with E-state index in [1.165, 1.54) is 0 Å². The van der Waals surface area contributed by atoms with Gasteiger partial charge in [-0.15, -0.1) is 0 Å². The number of fused-ring (bicyclic) bond motifs is 3. The molecule has 2 fully saturated rings. The summed E-state index contributed by atoms with van der Waals surface area (Å²) in [5.74, 6) is 3.50. The van der Waals surface area contributed by atoms with Crippen LogP contribution in [0.2, 0.25) is 0 Å². The van der Waals surface area contributed by atoms with E-state index in [0.29, 0.717) is 36.4 Å². The van der Waals surface area contributed by atoms with Crippen molar-refractivity contribution in [1.82, 2.24) is 20.2 Å². The zero-order valence-corrected chi connectivity index (χ0v) is 17.7. The monoisotopic (exact) mass is 408 g/mol. The van der Waals surface area contributed by atoms with E-state index in [-0.39, 0.29) is 6.04 Å². The Hall–Kier alpha value is -2.70. The molecule has 6 nitrogen and oxygen atoms in total. The number of aromatic nitrogens is 4. The zero-order chi connectivity index (χ0) is 20.9. The molecule has 2 saturated carbocycles. The van der Waals surface area contributed by atoms with Gasteiger partial charge in [0.05, 0.1) is 5.52 Å². The van der Waals surface area contributed by atoms with Crippen molar-refractivity contribution in [3.8, 4) is 0 Å². The van der Waals surface area contributed by atoms with E-state index in [1.807, 2.05) is 31.2 Å². The molecule has 2 aliphatic rings. The van der Waals surface area contributed by atoms with E-state index in [9.17, 15) is 4.39 Å². The van der Waals surface area contributed by atoms with Gasteiger partial charge in [0.15, 0.2) is 5.82 Å². The minimum Gasteiger partial charge on any atom is -0.366 e. The SMILES string of the molecule is Cc1cc(Nc2cc3ncccc3c(NC3C(C)CC4CC3CC(C)(F)C4)n2)n[nH]1. The van der Waals surface area contributed by atoms with Crippen LogP contribution in [0.15, 0.2) is 30.5 Å². The Morgan fingerprint density at radius 2 is 2.07 bits per heavy atom. The van der Waals surface area contributed by atoms with Crippen LogP contribution in [0.1, 0.15) is 45.2 Å². The van der Waals surface area contributed by atoms with E-state index >= 15 is 0 Å². The van der Waals surface area contributed by atoms with Crippen LogP contribution >= 0.6 is 0 Å². The van der Waals surface area contributed by atoms with Crippen LogP contribution < -0.4 is 10.6 Å². The van der Waals surface area contributed by atoms with Crippen LogP contribution in [0.5, 0.6) is 0 Å². The number of hydrogen-bond acceptors (Lipinski definition) is 5. The molecule has 3 aromatic heterocycles. The number of rotatable bonds is 4. The molecule has 158 valence electrons. The Balaban J connectivity index is 1.48. The van der Waals surface area contributed by atoms with E-state index in [0.717, 1.165) is 41.1 Å². The first-order valence-electron chi connectivity index (χ1n) is 10.9. The summed E-state index contributed by atoms with van der Waals surface area (Å²) < 4.78 is 14.9. The molecule has 0 amide bonds. The third kappa shape index (κ3) is 3.73. The summed E-state index contributed by atoms with van der Waals surface area (Å²) >= 11 is 0. The van der Waals surface area contributed by atoms with Crippen LogP contribution in [-0.2, 0) is 0 Å². The van der Waals surface area contributed by atoms with Crippen molar-refractivity contribution in [3.63, 3.8) is 0 Å². The average Bonchev–Trinajstić information content (AvgIpc) is 3.08. The molecule has 3 N–H and O–H groups in total. The van der Waals surface area contributed by atoms with Gasteiger partial charge in [-0.2, -0.15) is 5.10 Å². The molecule has 5 atom stereocenters. The van der Waals surface area contributed by atoms with Crippen molar-refractivity contribution in [3.05, 3.63) is 36.2 Å². The summed E-state index contributed by atoms with van der Waals surface area (Å²) in [5, 5.41) is 15.1. The first-order valence-corrected chi connectivity index (χ1v) is 10.9. The molecule has 0 spiro atoms. The van der Waals surface area contributed by atoms with Gasteiger partial charge >= 0.3 is 0 Å². The number of aryl methyl sites for hydroxylation is 1. The highest BCUT2D eigenvalue weighted by molar-refractivity contribution is 5.91. The summed E-state index contributed by atoms with van der Waals surface area (Å²) in [6, 6.07) is 8.04. The molecule has 0 aromatic carbocycles. The lowest BCUT2D eigenvalue weighted by atomic mass is 9.62. The lowest BCUT2D eigenvalue weighted by Gasteiger charge is -2.48. The minimum absolute atomic E-state index is 0.204. The molecule has 5 rings (SSSR count). The molecule has 0 radical (unpaired) electrons. The lowest BCUT2D eigenvalue weighted by Crippen LogP contribution is -2.48. The molecule has 7 heteroatoms. The quantitative estimate of drug-likeness (QED) is 0.541. The Bertz CT molecular complexity index is 1060. The third-order valence-corrected chi connectivity index (χ3v) is 6.73. The second-order valence-electron chi connectivity index (χ2n) is 9.55. The topological polar surface area (TPSA) is 78.5 Å². The molecule has 5 unspecified atom stereocenters. The highest BCUT2D eigenvalue weighted by Gasteiger charge is 2.46. The minimum atomic E-state index is -1.06. The van der Waals surface area contributed by atoms with Gasteiger partial charge in [-0.25, -0.2) is 9.37 Å². The highest BCUT2D eigenvalue weighted by Crippen LogP contribution is 2.48. The predicted octanol–water partition coefficient (Wildman–Crippen LogP) is 5.37. The summed E-state index contributed by atoms with van der Waals surface area (Å²) in [7, 11) is 0. The van der Waals surface area contributed by atoms with E-state index in [1.54, 1.807) is 13.1 Å². The van der Waals surface area contributed by atoms with Crippen molar-refractivity contribution in [2.75, 3.05) is 10.6 Å². The number of halogens is 1. The molecule has 0 aliphatic heterocycles. The highest BCUT2D eigenvalue weighted by atomic mass is 19.1. The largest absolute Gasteiger partial charge is 0.366 e. The van der Waals surface area contributed by atoms with Gasteiger partial charge in [-0.3, -0.25) is 10.1 Å². The maximum absolute atomic E-state index is 14.9. The average molecular weight is 409 g/mol. The fourth-order valence-corrected chi connectivity index (χ4v) is 5.70. The predicted molar refractivity (Wildman–Crippen MR) is 118 cm³/mol. The maximum atomic E-state index is 14.9. The second-order valence-corrected chi connectivity index (χ2v) is 9.55. The molecule has 3 heterocycles. The second kappa shape index (κ2) is 7.22. The van der Waals surface area contributed by atoms with E-state index in [2.05, 4.69) is 32.7 Å². The summed E-state index contributed by atoms with van der Waals surface area (Å²) in [6.07, 6.45) is 5.27. The van der Waals surface area contributed by atoms with E-state index in [4.69, 9.17) is 4.98 Å². The number of nitrogens with zero attached hydrogens (tertiary/aromatic N) is 3. The summed E-state index contributed by atoms with van der Waals surface area (Å²) in [6.45, 7) is 6.01. The van der Waals surface area contributed by atoms with Crippen LogP contribution in [0.4, 0.5) is 21.8 Å². The number of alkyl halides is 1. The molecular formula is C23H29FN6. The smallest absolute Gasteiger partial charge is 0.153 e. The Morgan fingerprint density at radius 1 is 1.20 bits per heavy atom. The van der Waals surface area contributed by atoms with Crippen molar-refractivity contribution >= 4 is 28.4 Å². The molecule has 2 aliphatic carbocycles. The van der Waals surface area contributed by atoms with Gasteiger partial charge in [0, 0.05) is 35.5 Å². The number of pyridine rings is 2. The van der Waals surface area contributed by atoms with Crippen LogP contribution in [0, 0.1) is 24.7 Å². The number of H-pyrrole nitrogens is 1. The lowest BCUT2D eigenvalue weighted by molar-refractivity contribution is 0.00963. The Labute approximate surface area is 176 Å². The van der Waals surface area contributed by atoms with Gasteiger partial charge in [-0.05, 0) is 69.4 Å². The number of aromatic amines is 1. The first kappa shape index (κ1) is 19.3. The van der Waals surface area contributed by atoms with E-state index < -0.39 is 5.67 Å². The fourth-order valence-electron chi connectivity index (χ4n) is 5.70. The van der Waals surface area contributed by atoms with Crippen LogP contribution in [0.25, 0.3) is 10.9 Å². The van der Waals surface area contributed by atoms with Gasteiger partial charge in [0.2, 0.25) is 0 Å². The maximum Gasteiger partial charge on any atom is 0.153 e.